The highest BCUT2D eigenvalue weighted by molar-refractivity contribution is 5.73. The molecule has 2 rings (SSSR count). The number of rotatable bonds is 4. The molecule has 1 aromatic heterocycles. The topological polar surface area (TPSA) is 84.8 Å². The molecule has 1 aliphatic heterocycles. The van der Waals surface area contributed by atoms with Gasteiger partial charge in [-0.1, -0.05) is 0 Å². The van der Waals surface area contributed by atoms with Gasteiger partial charge in [-0.3, -0.25) is 0 Å². The predicted molar refractivity (Wildman–Crippen MR) is 67.4 cm³/mol. The van der Waals surface area contributed by atoms with Gasteiger partial charge < -0.3 is 19.5 Å². The Morgan fingerprint density at radius 2 is 2.37 bits per heavy atom. The van der Waals surface area contributed by atoms with Gasteiger partial charge in [0.1, 0.15) is 12.1 Å². The van der Waals surface area contributed by atoms with Gasteiger partial charge in [0, 0.05) is 12.6 Å². The van der Waals surface area contributed by atoms with Crippen molar-refractivity contribution >= 4 is 11.8 Å². The molecule has 1 N–H and O–H groups in total. The molecular weight excluding hydrogens is 250 g/mol. The fourth-order valence-corrected chi connectivity index (χ4v) is 1.82. The van der Waals surface area contributed by atoms with Crippen LogP contribution in [0.2, 0.25) is 0 Å². The molecule has 104 valence electrons. The Morgan fingerprint density at radius 3 is 3.05 bits per heavy atom. The minimum Gasteiger partial charge on any atom is -0.479 e. The summed E-state index contributed by atoms with van der Waals surface area (Å²) < 4.78 is 10.7. The van der Waals surface area contributed by atoms with E-state index in [-0.39, 0.29) is 12.6 Å². The fourth-order valence-electron chi connectivity index (χ4n) is 1.82. The lowest BCUT2D eigenvalue weighted by Gasteiger charge is -2.31. The van der Waals surface area contributed by atoms with Crippen LogP contribution in [0.5, 0.6) is 5.88 Å². The van der Waals surface area contributed by atoms with Crippen LogP contribution in [0.4, 0.5) is 5.82 Å². The van der Waals surface area contributed by atoms with Crippen LogP contribution in [-0.2, 0) is 9.53 Å². The van der Waals surface area contributed by atoms with Crippen molar-refractivity contribution in [2.45, 2.75) is 26.1 Å². The predicted octanol–water partition coefficient (Wildman–Crippen LogP) is 0.554. The molecule has 1 aliphatic rings. The average molecular weight is 267 g/mol. The summed E-state index contributed by atoms with van der Waals surface area (Å²) in [6, 6.07) is 1.71. The number of anilines is 1. The van der Waals surface area contributed by atoms with E-state index in [4.69, 9.17) is 14.6 Å². The van der Waals surface area contributed by atoms with E-state index in [9.17, 15) is 4.79 Å². The zero-order valence-corrected chi connectivity index (χ0v) is 10.9. The lowest BCUT2D eigenvalue weighted by atomic mass is 10.2. The molecule has 1 aromatic rings. The fraction of sp³-hybridized carbons (Fsp3) is 0.583. The number of carboxylic acid groups (broad SMARTS) is 1. The van der Waals surface area contributed by atoms with Crippen molar-refractivity contribution in [1.29, 1.82) is 0 Å². The number of hydrogen-bond acceptors (Lipinski definition) is 6. The number of morpholine rings is 1. The summed E-state index contributed by atoms with van der Waals surface area (Å²) in [5, 5.41) is 8.97. The van der Waals surface area contributed by atoms with Crippen molar-refractivity contribution in [3.8, 4) is 5.88 Å². The van der Waals surface area contributed by atoms with E-state index >= 15 is 0 Å². The van der Waals surface area contributed by atoms with Crippen LogP contribution < -0.4 is 9.64 Å². The number of nitrogens with zero attached hydrogens (tertiary/aromatic N) is 3. The van der Waals surface area contributed by atoms with Crippen LogP contribution in [0.25, 0.3) is 0 Å². The van der Waals surface area contributed by atoms with E-state index in [1.165, 1.54) is 6.33 Å². The second-order valence-corrected chi connectivity index (χ2v) is 4.52. The third kappa shape index (κ3) is 3.54. The third-order valence-electron chi connectivity index (χ3n) is 2.65. The number of carbonyl (C=O) groups is 1. The molecule has 0 saturated carbocycles. The zero-order valence-electron chi connectivity index (χ0n) is 10.9. The maximum Gasteiger partial charge on any atom is 0.334 e. The maximum absolute atomic E-state index is 10.9. The van der Waals surface area contributed by atoms with Crippen LogP contribution in [0, 0.1) is 0 Å². The lowest BCUT2D eigenvalue weighted by molar-refractivity contribution is -0.150. The second-order valence-electron chi connectivity index (χ2n) is 4.52. The van der Waals surface area contributed by atoms with Gasteiger partial charge in [0.05, 0.1) is 19.3 Å². The molecule has 0 aliphatic carbocycles. The highest BCUT2D eigenvalue weighted by Gasteiger charge is 2.27. The molecule has 1 unspecified atom stereocenters. The summed E-state index contributed by atoms with van der Waals surface area (Å²) in [6.45, 7) is 5.06. The highest BCUT2D eigenvalue weighted by Crippen LogP contribution is 2.19. The lowest BCUT2D eigenvalue weighted by Crippen LogP contribution is -2.46. The summed E-state index contributed by atoms with van der Waals surface area (Å²) >= 11 is 0. The molecule has 1 atom stereocenters. The Balaban J connectivity index is 2.10. The zero-order chi connectivity index (χ0) is 13.8. The summed E-state index contributed by atoms with van der Waals surface area (Å²) in [7, 11) is 0. The smallest absolute Gasteiger partial charge is 0.334 e. The second kappa shape index (κ2) is 5.83. The molecule has 0 amide bonds. The van der Waals surface area contributed by atoms with E-state index < -0.39 is 12.1 Å². The van der Waals surface area contributed by atoms with Crippen molar-refractivity contribution in [1.82, 2.24) is 9.97 Å². The molecular formula is C12H17N3O4. The van der Waals surface area contributed by atoms with Crippen LogP contribution in [0.15, 0.2) is 12.4 Å². The average Bonchev–Trinajstić information content (AvgIpc) is 2.38. The van der Waals surface area contributed by atoms with Gasteiger partial charge in [0.25, 0.3) is 0 Å². The maximum atomic E-state index is 10.9. The number of carboxylic acids is 1. The first kappa shape index (κ1) is 13.5. The van der Waals surface area contributed by atoms with Crippen LogP contribution >= 0.6 is 0 Å². The Labute approximate surface area is 111 Å². The summed E-state index contributed by atoms with van der Waals surface area (Å²) in [6.07, 6.45) is 0.621. The molecule has 7 heteroatoms. The van der Waals surface area contributed by atoms with Gasteiger partial charge >= 0.3 is 5.97 Å². The monoisotopic (exact) mass is 267 g/mol. The van der Waals surface area contributed by atoms with Crippen LogP contribution in [0.1, 0.15) is 13.8 Å². The number of aliphatic carboxylic acids is 1. The van der Waals surface area contributed by atoms with E-state index in [0.29, 0.717) is 24.8 Å². The van der Waals surface area contributed by atoms with Crippen molar-refractivity contribution in [2.75, 3.05) is 24.6 Å². The standard InChI is InChI=1S/C12H17N3O4/c1-8(2)19-11-5-10(13-7-14-11)15-3-4-18-9(6-15)12(16)17/h5,7-9H,3-4,6H2,1-2H3,(H,16,17). The van der Waals surface area contributed by atoms with Crippen molar-refractivity contribution in [2.24, 2.45) is 0 Å². The summed E-state index contributed by atoms with van der Waals surface area (Å²) in [5.74, 6) is 0.177. The molecule has 0 aromatic carbocycles. The Hall–Kier alpha value is -1.89. The molecule has 1 fully saturated rings. The van der Waals surface area contributed by atoms with E-state index in [0.717, 1.165) is 0 Å². The largest absolute Gasteiger partial charge is 0.479 e. The van der Waals surface area contributed by atoms with Gasteiger partial charge in [-0.2, -0.15) is 0 Å². The van der Waals surface area contributed by atoms with Gasteiger partial charge in [-0.05, 0) is 13.8 Å². The third-order valence-corrected chi connectivity index (χ3v) is 2.65. The van der Waals surface area contributed by atoms with Crippen molar-refractivity contribution in [3.05, 3.63) is 12.4 Å². The van der Waals surface area contributed by atoms with E-state index in [1.807, 2.05) is 18.7 Å². The Kier molecular flexibility index (Phi) is 4.16. The summed E-state index contributed by atoms with van der Waals surface area (Å²) in [5.41, 5.74) is 0. The quantitative estimate of drug-likeness (QED) is 0.852. The number of aromatic nitrogens is 2. The van der Waals surface area contributed by atoms with Gasteiger partial charge in [0.2, 0.25) is 5.88 Å². The first-order chi connectivity index (χ1) is 9.06. The molecule has 0 bridgehead atoms. The van der Waals surface area contributed by atoms with Crippen LogP contribution in [0.3, 0.4) is 0 Å². The summed E-state index contributed by atoms with van der Waals surface area (Å²) in [4.78, 5) is 21.0. The van der Waals surface area contributed by atoms with E-state index in [2.05, 4.69) is 9.97 Å². The Morgan fingerprint density at radius 1 is 1.58 bits per heavy atom. The van der Waals surface area contributed by atoms with Crippen molar-refractivity contribution < 1.29 is 19.4 Å². The molecule has 0 spiro atoms. The van der Waals surface area contributed by atoms with E-state index in [1.54, 1.807) is 6.07 Å². The molecule has 19 heavy (non-hydrogen) atoms. The van der Waals surface area contributed by atoms with Gasteiger partial charge in [-0.15, -0.1) is 0 Å². The number of ether oxygens (including phenoxy) is 2. The molecule has 1 saturated heterocycles. The Bertz CT molecular complexity index is 452. The molecule has 0 radical (unpaired) electrons. The SMILES string of the molecule is CC(C)Oc1cc(N2CCOC(C(=O)O)C2)ncn1. The van der Waals surface area contributed by atoms with Gasteiger partial charge in [-0.25, -0.2) is 14.8 Å². The normalized spacial score (nSPS) is 19.5. The molecule has 2 heterocycles. The first-order valence-corrected chi connectivity index (χ1v) is 6.14. The molecule has 7 nitrogen and oxygen atoms in total. The van der Waals surface area contributed by atoms with Crippen LogP contribution in [-0.4, -0.2) is 52.9 Å². The van der Waals surface area contributed by atoms with Crippen molar-refractivity contribution in [3.63, 3.8) is 0 Å². The minimum absolute atomic E-state index is 0.0270. The first-order valence-electron chi connectivity index (χ1n) is 6.14. The minimum atomic E-state index is -0.961. The highest BCUT2D eigenvalue weighted by atomic mass is 16.5. The van der Waals surface area contributed by atoms with Gasteiger partial charge in [0.15, 0.2) is 6.10 Å². The number of hydrogen-bond donors (Lipinski definition) is 1.